The molecule has 0 nitrogen and oxygen atoms in total. The fourth-order valence-electron chi connectivity index (χ4n) is 0.723. The number of rotatable bonds is 1. The van der Waals surface area contributed by atoms with E-state index in [1.165, 1.54) is 0 Å². The summed E-state index contributed by atoms with van der Waals surface area (Å²) in [6.07, 6.45) is 0. The van der Waals surface area contributed by atoms with Gasteiger partial charge in [0, 0.05) is 0 Å². The van der Waals surface area contributed by atoms with Crippen molar-refractivity contribution in [2.45, 2.75) is 0 Å². The summed E-state index contributed by atoms with van der Waals surface area (Å²) in [4.78, 5) is 0. The van der Waals surface area contributed by atoms with E-state index in [9.17, 15) is 0 Å². The van der Waals surface area contributed by atoms with Gasteiger partial charge >= 0.3 is 103 Å². The zero-order chi connectivity index (χ0) is 10.4. The summed E-state index contributed by atoms with van der Waals surface area (Å²) < 4.78 is 1.24. The van der Waals surface area contributed by atoms with Gasteiger partial charge in [-0.15, -0.1) is 0 Å². The van der Waals surface area contributed by atoms with Crippen molar-refractivity contribution in [1.82, 2.24) is 0 Å². The average molecular weight is 455 g/mol. The second-order valence-electron chi connectivity index (χ2n) is 2.54. The van der Waals surface area contributed by atoms with Crippen molar-refractivity contribution in [3.63, 3.8) is 0 Å². The van der Waals surface area contributed by atoms with Crippen molar-refractivity contribution < 1.29 is 0 Å². The van der Waals surface area contributed by atoms with Crippen LogP contribution in [-0.2, 0) is 0 Å². The molecule has 0 radical (unpaired) electrons. The standard InChI is InChI=1S/C6H4Br.5ClH.Sb/c7-6-4-2-1-3-5-6;;;;;;/h2-5H;5*1H;/q;;;;;;+4/p-5. The summed E-state index contributed by atoms with van der Waals surface area (Å²) in [7, 11) is 23.8. The second-order valence-corrected chi connectivity index (χ2v) is 50.9. The van der Waals surface area contributed by atoms with E-state index in [0.29, 0.717) is 3.51 Å². The van der Waals surface area contributed by atoms with E-state index in [0.717, 1.165) is 4.47 Å². The summed E-state index contributed by atoms with van der Waals surface area (Å²) in [6.45, 7) is 0. The quantitative estimate of drug-likeness (QED) is 0.540. The number of hydrogen-bond donors (Lipinski definition) is 0. The molecule has 0 amide bonds. The minimum absolute atomic E-state index is 0.366. The monoisotopic (exact) mass is 451 g/mol. The molecule has 0 aliphatic heterocycles. The Kier molecular flexibility index (Phi) is 3.24. The fraction of sp³-hybridized carbons (Fsp3) is 0. The van der Waals surface area contributed by atoms with Crippen LogP contribution in [-0.4, -0.2) is 10.3 Å². The molecule has 0 spiro atoms. The molecule has 0 fully saturated rings. The van der Waals surface area contributed by atoms with Crippen LogP contribution in [0, 0.1) is 0 Å². The Hall–Kier alpha value is 1.97. The molecule has 0 atom stereocenters. The molecule has 0 aliphatic carbocycles. The fourth-order valence-corrected chi connectivity index (χ4v) is 6.80. The topological polar surface area (TPSA) is 0 Å². The van der Waals surface area contributed by atoms with E-state index < -0.39 is 10.3 Å². The first-order valence-corrected chi connectivity index (χ1v) is 21.3. The van der Waals surface area contributed by atoms with E-state index in [2.05, 4.69) is 15.9 Å². The van der Waals surface area contributed by atoms with Gasteiger partial charge in [0.05, 0.1) is 0 Å². The summed E-state index contributed by atoms with van der Waals surface area (Å²) in [5, 5.41) is 0. The van der Waals surface area contributed by atoms with Crippen molar-refractivity contribution in [2.24, 2.45) is 0 Å². The summed E-state index contributed by atoms with van der Waals surface area (Å²) >= 11 is 3.25. The van der Waals surface area contributed by atoms with Gasteiger partial charge in [0.1, 0.15) is 0 Å². The molecule has 1 rings (SSSR count). The van der Waals surface area contributed by atoms with Crippen molar-refractivity contribution >= 4 is 73.9 Å². The SMILES string of the molecule is [Cl][Sb-]([Cl])([Cl])([Cl])([Cl])[c]1ccc(Br)cc1. The molecule has 1 aromatic rings. The number of halogens is 6. The second kappa shape index (κ2) is 3.23. The molecule has 0 heterocycles. The Labute approximate surface area is 101 Å². The van der Waals surface area contributed by atoms with Gasteiger partial charge in [0.2, 0.25) is 0 Å². The summed E-state index contributed by atoms with van der Waals surface area (Å²) in [5.41, 5.74) is 0. The number of hydrogen-bond acceptors (Lipinski definition) is 0. The van der Waals surface area contributed by atoms with Crippen LogP contribution in [0.4, 0.5) is 0 Å². The van der Waals surface area contributed by atoms with Gasteiger partial charge in [-0.1, -0.05) is 0 Å². The third-order valence-electron chi connectivity index (χ3n) is 1.31. The van der Waals surface area contributed by atoms with Crippen molar-refractivity contribution in [1.29, 1.82) is 0 Å². The third-order valence-corrected chi connectivity index (χ3v) is 12.0. The molecular formula is C6H4BrCl5Sb-. The molecule has 0 saturated heterocycles. The summed E-state index contributed by atoms with van der Waals surface area (Å²) in [5.74, 6) is 0. The van der Waals surface area contributed by atoms with Crippen LogP contribution < -0.4 is 3.51 Å². The van der Waals surface area contributed by atoms with Crippen LogP contribution in [0.2, 0.25) is 0 Å². The maximum absolute atomic E-state index is 5.86. The average Bonchev–Trinajstić information content (AvgIpc) is 1.82. The molecule has 13 heavy (non-hydrogen) atoms. The predicted octanol–water partition coefficient (Wildman–Crippen LogP) is 4.69. The molecule has 0 N–H and O–H groups in total. The van der Waals surface area contributed by atoms with Gasteiger partial charge in [-0.25, -0.2) is 0 Å². The normalized spacial score (nSPS) is 17.7. The van der Waals surface area contributed by atoms with Crippen molar-refractivity contribution in [2.75, 3.05) is 0 Å². The van der Waals surface area contributed by atoms with Gasteiger partial charge < -0.3 is 0 Å². The van der Waals surface area contributed by atoms with Crippen LogP contribution in [0.1, 0.15) is 0 Å². The molecule has 0 saturated carbocycles. The molecule has 0 aromatic heterocycles. The van der Waals surface area contributed by atoms with E-state index >= 15 is 0 Å². The predicted molar refractivity (Wildman–Crippen MR) is 68.8 cm³/mol. The molecule has 0 bridgehead atoms. The molecule has 0 aliphatic rings. The zero-order valence-electron chi connectivity index (χ0n) is 6.02. The van der Waals surface area contributed by atoms with Gasteiger partial charge in [0.15, 0.2) is 0 Å². The van der Waals surface area contributed by atoms with Crippen molar-refractivity contribution in [3.05, 3.63) is 28.7 Å². The first-order chi connectivity index (χ1) is 5.49. The Balaban J connectivity index is 3.34. The Bertz CT molecular complexity index is 325. The molecule has 7 heteroatoms. The van der Waals surface area contributed by atoms with Gasteiger partial charge in [-0.2, -0.15) is 0 Å². The van der Waals surface area contributed by atoms with Crippen LogP contribution >= 0.6 is 60.1 Å². The van der Waals surface area contributed by atoms with E-state index in [1.807, 2.05) is 0 Å². The number of benzene rings is 1. The van der Waals surface area contributed by atoms with Gasteiger partial charge in [-0.3, -0.25) is 0 Å². The Morgan fingerprint density at radius 3 is 1.54 bits per heavy atom. The maximum atomic E-state index is 5.86. The van der Waals surface area contributed by atoms with E-state index in [-0.39, 0.29) is 0 Å². The first-order valence-electron chi connectivity index (χ1n) is 3.08. The van der Waals surface area contributed by atoms with E-state index in [4.69, 9.17) is 44.1 Å². The van der Waals surface area contributed by atoms with Crippen LogP contribution in [0.25, 0.3) is 0 Å². The molecular weight excluding hydrogens is 451 g/mol. The molecule has 76 valence electrons. The minimum atomic E-state index is -5.52. The molecule has 0 unspecified atom stereocenters. The Morgan fingerprint density at radius 2 is 1.23 bits per heavy atom. The Morgan fingerprint density at radius 1 is 0.846 bits per heavy atom. The zero-order valence-corrected chi connectivity index (χ0v) is 13.9. The van der Waals surface area contributed by atoms with Crippen LogP contribution in [0.5, 0.6) is 0 Å². The van der Waals surface area contributed by atoms with Gasteiger partial charge in [0.25, 0.3) is 0 Å². The van der Waals surface area contributed by atoms with Gasteiger partial charge in [-0.05, 0) is 0 Å². The van der Waals surface area contributed by atoms with Crippen LogP contribution in [0.15, 0.2) is 28.7 Å². The van der Waals surface area contributed by atoms with Crippen LogP contribution in [0.3, 0.4) is 0 Å². The summed E-state index contributed by atoms with van der Waals surface area (Å²) in [6, 6.07) is 6.65. The van der Waals surface area contributed by atoms with E-state index in [1.54, 1.807) is 24.3 Å². The first kappa shape index (κ1) is 13.0. The third kappa shape index (κ3) is 4.15. The van der Waals surface area contributed by atoms with Crippen molar-refractivity contribution in [3.8, 4) is 0 Å². The molecule has 1 aromatic carbocycles.